The molecule has 1 amide bonds. The van der Waals surface area contributed by atoms with Gasteiger partial charge in [0.2, 0.25) is 0 Å². The molecule has 1 heterocycles. The molecule has 7 heteroatoms. The summed E-state index contributed by atoms with van der Waals surface area (Å²) in [6.45, 7) is 3.09. The number of amides is 1. The zero-order chi connectivity index (χ0) is 13.2. The molecule has 2 N–H and O–H groups in total. The summed E-state index contributed by atoms with van der Waals surface area (Å²) in [5.41, 5.74) is 0.176. The van der Waals surface area contributed by atoms with Gasteiger partial charge in [0.25, 0.3) is 5.91 Å². The molecule has 94 valence electrons. The van der Waals surface area contributed by atoms with Crippen LogP contribution in [0.15, 0.2) is 6.07 Å². The van der Waals surface area contributed by atoms with Crippen molar-refractivity contribution in [3.63, 3.8) is 0 Å². The molecule has 0 atom stereocenters. The van der Waals surface area contributed by atoms with E-state index in [1.54, 1.807) is 13.8 Å². The van der Waals surface area contributed by atoms with Gasteiger partial charge in [-0.3, -0.25) is 9.59 Å². The smallest absolute Gasteiger partial charge is 0.323 e. The van der Waals surface area contributed by atoms with Gasteiger partial charge in [-0.05, 0) is 19.9 Å². The van der Waals surface area contributed by atoms with Gasteiger partial charge in [-0.25, -0.2) is 0 Å². The molecular weight excluding hydrogens is 267 g/mol. The second-order valence-corrected chi connectivity index (χ2v) is 4.55. The summed E-state index contributed by atoms with van der Waals surface area (Å²) in [6.07, 6.45) is 0. The molecule has 1 aromatic rings. The molecule has 0 aromatic carbocycles. The SMILES string of the molecule is CC(C)N(CC(=O)O)C(=O)c1cc(Cl)c(Cl)[nH]1. The van der Waals surface area contributed by atoms with Crippen molar-refractivity contribution >= 4 is 35.1 Å². The fourth-order valence-electron chi connectivity index (χ4n) is 1.31. The summed E-state index contributed by atoms with van der Waals surface area (Å²) < 4.78 is 0. The summed E-state index contributed by atoms with van der Waals surface area (Å²) in [5.74, 6) is -1.52. The van der Waals surface area contributed by atoms with E-state index >= 15 is 0 Å². The number of H-pyrrole nitrogens is 1. The highest BCUT2D eigenvalue weighted by Crippen LogP contribution is 2.23. The number of carbonyl (C=O) groups is 2. The fraction of sp³-hybridized carbons (Fsp3) is 0.400. The fourth-order valence-corrected chi connectivity index (χ4v) is 1.62. The minimum Gasteiger partial charge on any atom is -0.480 e. The van der Waals surface area contributed by atoms with Crippen molar-refractivity contribution in [1.29, 1.82) is 0 Å². The maximum atomic E-state index is 12.0. The Bertz CT molecular complexity index is 423. The number of nitrogens with one attached hydrogen (secondary N) is 1. The van der Waals surface area contributed by atoms with Gasteiger partial charge in [0.1, 0.15) is 17.4 Å². The Morgan fingerprint density at radius 1 is 1.47 bits per heavy atom. The summed E-state index contributed by atoms with van der Waals surface area (Å²) in [6, 6.07) is 1.14. The standard InChI is InChI=1S/C10H12Cl2N2O3/c1-5(2)14(4-8(15)16)10(17)7-3-6(11)9(12)13-7/h3,5,13H,4H2,1-2H3,(H,15,16). The van der Waals surface area contributed by atoms with Crippen molar-refractivity contribution < 1.29 is 14.7 Å². The van der Waals surface area contributed by atoms with Crippen LogP contribution in [0.2, 0.25) is 10.2 Å². The lowest BCUT2D eigenvalue weighted by Crippen LogP contribution is -2.40. The van der Waals surface area contributed by atoms with Gasteiger partial charge in [-0.2, -0.15) is 0 Å². The van der Waals surface area contributed by atoms with Crippen LogP contribution in [0.5, 0.6) is 0 Å². The van der Waals surface area contributed by atoms with Crippen molar-refractivity contribution in [2.45, 2.75) is 19.9 Å². The highest BCUT2D eigenvalue weighted by Gasteiger charge is 2.23. The van der Waals surface area contributed by atoms with Crippen LogP contribution in [0.3, 0.4) is 0 Å². The van der Waals surface area contributed by atoms with Crippen LogP contribution < -0.4 is 0 Å². The second kappa shape index (κ2) is 5.42. The quantitative estimate of drug-likeness (QED) is 0.887. The van der Waals surface area contributed by atoms with Crippen LogP contribution in [0.4, 0.5) is 0 Å². The number of aliphatic carboxylic acids is 1. The first kappa shape index (κ1) is 13.9. The molecular formula is C10H12Cl2N2O3. The summed E-state index contributed by atoms with van der Waals surface area (Å²) in [7, 11) is 0. The number of carbonyl (C=O) groups excluding carboxylic acids is 1. The second-order valence-electron chi connectivity index (χ2n) is 3.77. The number of hydrogen-bond acceptors (Lipinski definition) is 2. The summed E-state index contributed by atoms with van der Waals surface area (Å²) in [5, 5.41) is 9.12. The molecule has 5 nitrogen and oxygen atoms in total. The first-order valence-electron chi connectivity index (χ1n) is 4.89. The Kier molecular flexibility index (Phi) is 4.42. The average molecular weight is 279 g/mol. The summed E-state index contributed by atoms with van der Waals surface area (Å²) >= 11 is 11.4. The van der Waals surface area contributed by atoms with Crippen molar-refractivity contribution in [2.75, 3.05) is 6.54 Å². The van der Waals surface area contributed by atoms with E-state index in [0.717, 1.165) is 0 Å². The molecule has 0 bridgehead atoms. The van der Waals surface area contributed by atoms with Crippen LogP contribution in [-0.2, 0) is 4.79 Å². The Morgan fingerprint density at radius 3 is 2.41 bits per heavy atom. The Labute approximate surface area is 108 Å². The van der Waals surface area contributed by atoms with Crippen LogP contribution >= 0.6 is 23.2 Å². The maximum Gasteiger partial charge on any atom is 0.323 e. The van der Waals surface area contributed by atoms with Crippen molar-refractivity contribution in [3.8, 4) is 0 Å². The third kappa shape index (κ3) is 3.38. The number of aromatic nitrogens is 1. The zero-order valence-electron chi connectivity index (χ0n) is 9.33. The monoisotopic (exact) mass is 278 g/mol. The molecule has 17 heavy (non-hydrogen) atoms. The maximum absolute atomic E-state index is 12.0. The molecule has 0 saturated carbocycles. The van der Waals surface area contributed by atoms with E-state index in [-0.39, 0.29) is 28.5 Å². The van der Waals surface area contributed by atoms with E-state index in [2.05, 4.69) is 4.98 Å². The third-order valence-corrected chi connectivity index (χ3v) is 2.84. The van der Waals surface area contributed by atoms with Crippen molar-refractivity contribution in [3.05, 3.63) is 21.9 Å². The lowest BCUT2D eigenvalue weighted by atomic mass is 10.2. The van der Waals surface area contributed by atoms with E-state index in [4.69, 9.17) is 28.3 Å². The van der Waals surface area contributed by atoms with Gasteiger partial charge < -0.3 is 15.0 Å². The summed E-state index contributed by atoms with van der Waals surface area (Å²) in [4.78, 5) is 26.5. The Balaban J connectivity index is 2.95. The minimum absolute atomic E-state index is 0.161. The van der Waals surface area contributed by atoms with Gasteiger partial charge in [-0.1, -0.05) is 23.2 Å². The molecule has 0 fully saturated rings. The van der Waals surface area contributed by atoms with E-state index in [1.165, 1.54) is 11.0 Å². The number of carboxylic acid groups (broad SMARTS) is 1. The number of nitrogens with zero attached hydrogens (tertiary/aromatic N) is 1. The van der Waals surface area contributed by atoms with Gasteiger partial charge in [0.05, 0.1) is 5.02 Å². The van der Waals surface area contributed by atoms with E-state index < -0.39 is 11.9 Å². The van der Waals surface area contributed by atoms with Crippen molar-refractivity contribution in [2.24, 2.45) is 0 Å². The first-order valence-corrected chi connectivity index (χ1v) is 5.65. The highest BCUT2D eigenvalue weighted by atomic mass is 35.5. The number of rotatable bonds is 4. The third-order valence-electron chi connectivity index (χ3n) is 2.15. The average Bonchev–Trinajstić information content (AvgIpc) is 2.54. The lowest BCUT2D eigenvalue weighted by Gasteiger charge is -2.24. The number of halogens is 2. The molecule has 0 saturated heterocycles. The normalized spacial score (nSPS) is 10.6. The highest BCUT2D eigenvalue weighted by molar-refractivity contribution is 6.41. The van der Waals surface area contributed by atoms with Gasteiger partial charge >= 0.3 is 5.97 Å². The predicted octanol–water partition coefficient (Wildman–Crippen LogP) is 2.26. The van der Waals surface area contributed by atoms with Crippen molar-refractivity contribution in [1.82, 2.24) is 9.88 Å². The van der Waals surface area contributed by atoms with Crippen LogP contribution in [0.1, 0.15) is 24.3 Å². The largest absolute Gasteiger partial charge is 0.480 e. The predicted molar refractivity (Wildman–Crippen MR) is 64.6 cm³/mol. The van der Waals surface area contributed by atoms with Crippen LogP contribution in [0, 0.1) is 0 Å². The minimum atomic E-state index is -1.07. The van der Waals surface area contributed by atoms with Crippen LogP contribution in [0.25, 0.3) is 0 Å². The zero-order valence-corrected chi connectivity index (χ0v) is 10.8. The Hall–Kier alpha value is -1.20. The number of aromatic amines is 1. The molecule has 1 rings (SSSR count). The molecule has 0 spiro atoms. The van der Waals surface area contributed by atoms with E-state index in [0.29, 0.717) is 0 Å². The molecule has 0 aliphatic carbocycles. The molecule has 0 aliphatic rings. The van der Waals surface area contributed by atoms with Gasteiger partial charge in [-0.15, -0.1) is 0 Å². The Morgan fingerprint density at radius 2 is 2.06 bits per heavy atom. The number of hydrogen-bond donors (Lipinski definition) is 2. The van der Waals surface area contributed by atoms with Crippen LogP contribution in [-0.4, -0.2) is 39.5 Å². The molecule has 0 unspecified atom stereocenters. The molecule has 0 radical (unpaired) electrons. The molecule has 1 aromatic heterocycles. The molecule has 0 aliphatic heterocycles. The van der Waals surface area contributed by atoms with Gasteiger partial charge in [0.15, 0.2) is 0 Å². The van der Waals surface area contributed by atoms with E-state index in [9.17, 15) is 9.59 Å². The number of carboxylic acids is 1. The van der Waals surface area contributed by atoms with Gasteiger partial charge in [0, 0.05) is 6.04 Å². The lowest BCUT2D eigenvalue weighted by molar-refractivity contribution is -0.138. The first-order chi connectivity index (χ1) is 7.82. The van der Waals surface area contributed by atoms with E-state index in [1.807, 2.05) is 0 Å². The topological polar surface area (TPSA) is 73.4 Å².